The number of rotatable bonds is 5. The number of hydrogen-bond acceptors (Lipinski definition) is 6. The summed E-state index contributed by atoms with van der Waals surface area (Å²) in [5, 5.41) is 14.1. The Morgan fingerprint density at radius 3 is 2.56 bits per heavy atom. The third kappa shape index (κ3) is 3.90. The summed E-state index contributed by atoms with van der Waals surface area (Å²) in [6, 6.07) is 10.4. The monoisotopic (exact) mass is 388 g/mol. The van der Waals surface area contributed by atoms with Crippen LogP contribution in [-0.4, -0.2) is 23.4 Å². The third-order valence-electron chi connectivity index (χ3n) is 3.80. The molecule has 2 aromatic carbocycles. The highest BCUT2D eigenvalue weighted by molar-refractivity contribution is 6.35. The number of nitrogens with zero attached hydrogens (tertiary/aromatic N) is 1. The minimum Gasteiger partial charge on any atom is -0.450 e. The number of halogens is 1. The minimum atomic E-state index is -0.793. The molecule has 9 heteroatoms. The van der Waals surface area contributed by atoms with Crippen LogP contribution in [0, 0.1) is 17.0 Å². The molecule has 0 aliphatic carbocycles. The van der Waals surface area contributed by atoms with E-state index in [4.69, 9.17) is 20.8 Å². The number of para-hydroxylation sites is 1. The number of esters is 1. The van der Waals surface area contributed by atoms with Gasteiger partial charge in [0.1, 0.15) is 0 Å². The summed E-state index contributed by atoms with van der Waals surface area (Å²) in [4.78, 5) is 34.2. The Morgan fingerprint density at radius 1 is 1.22 bits per heavy atom. The van der Waals surface area contributed by atoms with Gasteiger partial charge in [0, 0.05) is 28.8 Å². The van der Waals surface area contributed by atoms with Crippen molar-refractivity contribution in [2.24, 2.45) is 0 Å². The van der Waals surface area contributed by atoms with Crippen LogP contribution in [0.15, 0.2) is 46.9 Å². The van der Waals surface area contributed by atoms with Crippen LogP contribution in [-0.2, 0) is 9.53 Å². The fourth-order valence-corrected chi connectivity index (χ4v) is 2.68. The van der Waals surface area contributed by atoms with Crippen molar-refractivity contribution < 1.29 is 23.7 Å². The van der Waals surface area contributed by atoms with Crippen molar-refractivity contribution in [2.45, 2.75) is 6.92 Å². The van der Waals surface area contributed by atoms with Gasteiger partial charge in [0.2, 0.25) is 5.76 Å². The molecule has 0 unspecified atom stereocenters. The van der Waals surface area contributed by atoms with Crippen LogP contribution in [0.5, 0.6) is 0 Å². The Morgan fingerprint density at radius 2 is 1.93 bits per heavy atom. The summed E-state index contributed by atoms with van der Waals surface area (Å²) in [5.74, 6) is -1.41. The van der Waals surface area contributed by atoms with E-state index in [1.54, 1.807) is 25.1 Å². The number of nitro benzene ring substituents is 1. The van der Waals surface area contributed by atoms with E-state index in [0.29, 0.717) is 27.2 Å². The van der Waals surface area contributed by atoms with Crippen molar-refractivity contribution in [3.63, 3.8) is 0 Å². The fourth-order valence-electron chi connectivity index (χ4n) is 2.46. The first kappa shape index (κ1) is 18.4. The quantitative estimate of drug-likeness (QED) is 0.400. The lowest BCUT2D eigenvalue weighted by Gasteiger charge is -2.06. The average Bonchev–Trinajstić information content (AvgIpc) is 2.98. The molecule has 3 rings (SSSR count). The molecule has 3 aromatic rings. The molecular formula is C18H13ClN2O6. The number of carbonyl (C=O) groups excluding carboxylic acids is 2. The van der Waals surface area contributed by atoms with Crippen molar-refractivity contribution in [1.82, 2.24) is 0 Å². The number of benzene rings is 2. The van der Waals surface area contributed by atoms with Crippen molar-refractivity contribution in [3.05, 3.63) is 68.9 Å². The summed E-state index contributed by atoms with van der Waals surface area (Å²) < 4.78 is 10.5. The molecule has 1 heterocycles. The molecule has 1 N–H and O–H groups in total. The molecule has 1 amide bonds. The summed E-state index contributed by atoms with van der Waals surface area (Å²) in [6.45, 7) is 1.15. The van der Waals surface area contributed by atoms with Crippen LogP contribution in [0.1, 0.15) is 16.1 Å². The Kier molecular flexibility index (Phi) is 5.09. The first-order chi connectivity index (χ1) is 12.9. The van der Waals surface area contributed by atoms with Gasteiger partial charge in [-0.25, -0.2) is 4.79 Å². The zero-order valence-corrected chi connectivity index (χ0v) is 14.8. The average molecular weight is 389 g/mol. The fraction of sp³-hybridized carbons (Fsp3) is 0.111. The van der Waals surface area contributed by atoms with E-state index in [1.807, 2.05) is 0 Å². The predicted octanol–water partition coefficient (Wildman–Crippen LogP) is 4.10. The number of fused-ring (bicyclic) bond motifs is 1. The molecule has 8 nitrogen and oxygen atoms in total. The van der Waals surface area contributed by atoms with E-state index >= 15 is 0 Å². The number of aryl methyl sites for hydroxylation is 1. The second kappa shape index (κ2) is 7.46. The normalized spacial score (nSPS) is 10.6. The van der Waals surface area contributed by atoms with Gasteiger partial charge in [0.15, 0.2) is 12.2 Å². The molecule has 0 spiro atoms. The highest BCUT2D eigenvalue weighted by atomic mass is 35.5. The van der Waals surface area contributed by atoms with Crippen LogP contribution in [0.4, 0.5) is 11.4 Å². The highest BCUT2D eigenvalue weighted by Gasteiger charge is 2.21. The lowest BCUT2D eigenvalue weighted by molar-refractivity contribution is -0.384. The maximum absolute atomic E-state index is 12.2. The van der Waals surface area contributed by atoms with Crippen molar-refractivity contribution in [1.29, 1.82) is 0 Å². The van der Waals surface area contributed by atoms with E-state index in [9.17, 15) is 19.7 Å². The van der Waals surface area contributed by atoms with Gasteiger partial charge in [-0.05, 0) is 25.1 Å². The van der Waals surface area contributed by atoms with Crippen LogP contribution in [0.25, 0.3) is 11.0 Å². The predicted molar refractivity (Wildman–Crippen MR) is 98.0 cm³/mol. The van der Waals surface area contributed by atoms with Crippen molar-refractivity contribution in [3.8, 4) is 0 Å². The number of furan rings is 1. The zero-order chi connectivity index (χ0) is 19.6. The Hall–Kier alpha value is -3.39. The highest BCUT2D eigenvalue weighted by Crippen LogP contribution is 2.31. The molecule has 0 saturated carbocycles. The van der Waals surface area contributed by atoms with Gasteiger partial charge >= 0.3 is 5.97 Å². The van der Waals surface area contributed by atoms with E-state index in [1.165, 1.54) is 24.3 Å². The van der Waals surface area contributed by atoms with Gasteiger partial charge in [-0.3, -0.25) is 14.9 Å². The van der Waals surface area contributed by atoms with E-state index in [2.05, 4.69) is 5.32 Å². The smallest absolute Gasteiger partial charge is 0.375 e. The second-order valence-corrected chi connectivity index (χ2v) is 6.01. The first-order valence-corrected chi connectivity index (χ1v) is 8.13. The number of nitro groups is 1. The van der Waals surface area contributed by atoms with Gasteiger partial charge in [-0.1, -0.05) is 23.7 Å². The van der Waals surface area contributed by atoms with E-state index in [-0.39, 0.29) is 11.4 Å². The summed E-state index contributed by atoms with van der Waals surface area (Å²) in [7, 11) is 0. The number of non-ortho nitro benzene ring substituents is 1. The number of hydrogen-bond donors (Lipinski definition) is 1. The van der Waals surface area contributed by atoms with Gasteiger partial charge < -0.3 is 14.5 Å². The number of nitrogens with one attached hydrogen (secondary N) is 1. The topological polar surface area (TPSA) is 112 Å². The Bertz CT molecular complexity index is 1040. The van der Waals surface area contributed by atoms with Crippen LogP contribution in [0.2, 0.25) is 5.02 Å². The number of amides is 1. The molecule has 0 bridgehead atoms. The SMILES string of the molecule is Cc1c(C(=O)OCC(=O)Nc2ccc([N+](=O)[O-])cc2)oc2c(Cl)cccc12. The largest absolute Gasteiger partial charge is 0.450 e. The summed E-state index contributed by atoms with van der Waals surface area (Å²) in [6.07, 6.45) is 0. The summed E-state index contributed by atoms with van der Waals surface area (Å²) in [5.41, 5.74) is 1.18. The van der Waals surface area contributed by atoms with Crippen molar-refractivity contribution >= 4 is 45.8 Å². The number of ether oxygens (including phenoxy) is 1. The van der Waals surface area contributed by atoms with Crippen LogP contribution < -0.4 is 5.32 Å². The van der Waals surface area contributed by atoms with Crippen LogP contribution in [0.3, 0.4) is 0 Å². The van der Waals surface area contributed by atoms with Gasteiger partial charge in [-0.15, -0.1) is 0 Å². The molecule has 138 valence electrons. The standard InChI is InChI=1S/C18H13ClN2O6/c1-10-13-3-2-4-14(19)17(13)27-16(10)18(23)26-9-15(22)20-11-5-7-12(8-6-11)21(24)25/h2-8H,9H2,1H3,(H,20,22). The Balaban J connectivity index is 1.63. The molecule has 0 aliphatic heterocycles. The van der Waals surface area contributed by atoms with Crippen LogP contribution >= 0.6 is 11.6 Å². The van der Waals surface area contributed by atoms with E-state index < -0.39 is 23.4 Å². The molecule has 0 radical (unpaired) electrons. The third-order valence-corrected chi connectivity index (χ3v) is 4.09. The molecule has 0 fully saturated rings. The van der Waals surface area contributed by atoms with Crippen molar-refractivity contribution in [2.75, 3.05) is 11.9 Å². The van der Waals surface area contributed by atoms with Gasteiger partial charge in [0.05, 0.1) is 9.95 Å². The lowest BCUT2D eigenvalue weighted by atomic mass is 10.1. The maximum Gasteiger partial charge on any atom is 0.375 e. The second-order valence-electron chi connectivity index (χ2n) is 5.60. The first-order valence-electron chi connectivity index (χ1n) is 7.76. The number of carbonyl (C=O) groups is 2. The molecular weight excluding hydrogens is 376 g/mol. The number of anilines is 1. The molecule has 27 heavy (non-hydrogen) atoms. The molecule has 0 aliphatic rings. The molecule has 1 aromatic heterocycles. The minimum absolute atomic E-state index is 0.0266. The summed E-state index contributed by atoms with van der Waals surface area (Å²) >= 11 is 6.04. The Labute approximate surface area is 157 Å². The molecule has 0 saturated heterocycles. The van der Waals surface area contributed by atoms with E-state index in [0.717, 1.165) is 0 Å². The molecule has 0 atom stereocenters. The van der Waals surface area contributed by atoms with Gasteiger partial charge in [0.25, 0.3) is 11.6 Å². The maximum atomic E-state index is 12.2. The zero-order valence-electron chi connectivity index (χ0n) is 14.0. The van der Waals surface area contributed by atoms with Gasteiger partial charge in [-0.2, -0.15) is 0 Å². The lowest BCUT2D eigenvalue weighted by Crippen LogP contribution is -2.21.